The predicted octanol–water partition coefficient (Wildman–Crippen LogP) is 3.19. The van der Waals surface area contributed by atoms with Gasteiger partial charge in [-0.05, 0) is 31.5 Å². The van der Waals surface area contributed by atoms with Crippen molar-refractivity contribution in [2.75, 3.05) is 0 Å². The summed E-state index contributed by atoms with van der Waals surface area (Å²) in [5, 5.41) is 5.05. The van der Waals surface area contributed by atoms with Gasteiger partial charge < -0.3 is 5.32 Å². The number of thiazole rings is 1. The van der Waals surface area contributed by atoms with Gasteiger partial charge in [0.1, 0.15) is 0 Å². The van der Waals surface area contributed by atoms with Crippen LogP contribution in [-0.4, -0.2) is 9.38 Å². The first-order valence-electron chi connectivity index (χ1n) is 7.11. The lowest BCUT2D eigenvalue weighted by Gasteiger charge is -2.14. The van der Waals surface area contributed by atoms with E-state index in [-0.39, 0.29) is 11.6 Å². The molecule has 0 fully saturated rings. The molecule has 4 nitrogen and oxygen atoms in total. The Balaban J connectivity index is 1.77. The lowest BCUT2D eigenvalue weighted by Crippen LogP contribution is -2.22. The summed E-state index contributed by atoms with van der Waals surface area (Å²) in [5.74, 6) is -1.74. The summed E-state index contributed by atoms with van der Waals surface area (Å²) in [6.45, 7) is 4.06. The zero-order chi connectivity index (χ0) is 16.6. The molecule has 0 unspecified atom stereocenters. The molecule has 0 aliphatic heterocycles. The van der Waals surface area contributed by atoms with Crippen molar-refractivity contribution in [1.82, 2.24) is 14.7 Å². The Hall–Kier alpha value is -2.12. The quantitative estimate of drug-likeness (QED) is 0.796. The van der Waals surface area contributed by atoms with E-state index in [1.807, 2.05) is 19.2 Å². The van der Waals surface area contributed by atoms with Crippen molar-refractivity contribution >= 4 is 16.3 Å². The SMILES string of the molecule is Cc1csc2nc(CN[C@@H](C)c3ccc(F)c(F)c3)cc(=O)n12. The molecule has 3 aromatic rings. The number of aryl methyl sites for hydroxylation is 1. The minimum atomic E-state index is -0.872. The molecule has 2 aromatic heterocycles. The summed E-state index contributed by atoms with van der Waals surface area (Å²) in [7, 11) is 0. The van der Waals surface area contributed by atoms with Gasteiger partial charge in [-0.1, -0.05) is 6.07 Å². The molecule has 23 heavy (non-hydrogen) atoms. The summed E-state index contributed by atoms with van der Waals surface area (Å²) in [6.07, 6.45) is 0. The van der Waals surface area contributed by atoms with Crippen molar-refractivity contribution < 1.29 is 8.78 Å². The fourth-order valence-electron chi connectivity index (χ4n) is 2.35. The van der Waals surface area contributed by atoms with Gasteiger partial charge in [0, 0.05) is 29.7 Å². The summed E-state index contributed by atoms with van der Waals surface area (Å²) in [6, 6.07) is 5.09. The number of hydrogen-bond acceptors (Lipinski definition) is 4. The monoisotopic (exact) mass is 335 g/mol. The Bertz CT molecular complexity index is 919. The van der Waals surface area contributed by atoms with Crippen LogP contribution in [0.5, 0.6) is 0 Å². The van der Waals surface area contributed by atoms with Gasteiger partial charge in [-0.25, -0.2) is 13.8 Å². The molecule has 0 bridgehead atoms. The first kappa shape index (κ1) is 15.8. The molecule has 7 heteroatoms. The third-order valence-electron chi connectivity index (χ3n) is 3.66. The van der Waals surface area contributed by atoms with Crippen molar-refractivity contribution in [3.63, 3.8) is 0 Å². The second kappa shape index (κ2) is 6.17. The number of aromatic nitrogens is 2. The zero-order valence-electron chi connectivity index (χ0n) is 12.6. The third kappa shape index (κ3) is 3.16. The highest BCUT2D eigenvalue weighted by atomic mass is 32.1. The van der Waals surface area contributed by atoms with E-state index < -0.39 is 11.6 Å². The van der Waals surface area contributed by atoms with Crippen LogP contribution in [0.3, 0.4) is 0 Å². The van der Waals surface area contributed by atoms with E-state index in [2.05, 4.69) is 10.3 Å². The van der Waals surface area contributed by atoms with Crippen molar-refractivity contribution in [2.24, 2.45) is 0 Å². The minimum Gasteiger partial charge on any atom is -0.305 e. The average molecular weight is 335 g/mol. The zero-order valence-corrected chi connectivity index (χ0v) is 13.5. The molecule has 0 aliphatic rings. The van der Waals surface area contributed by atoms with Gasteiger partial charge in [-0.2, -0.15) is 0 Å². The van der Waals surface area contributed by atoms with E-state index >= 15 is 0 Å². The first-order chi connectivity index (χ1) is 11.0. The molecular formula is C16H15F2N3OS. The molecule has 0 saturated heterocycles. The standard InChI is InChI=1S/C16H15F2N3OS/c1-9-8-23-16-20-12(6-15(22)21(9)16)7-19-10(2)11-3-4-13(17)14(18)5-11/h3-6,8,10,19H,7H2,1-2H3/t10-/m0/s1. The highest BCUT2D eigenvalue weighted by molar-refractivity contribution is 7.15. The Labute approximate surface area is 135 Å². The van der Waals surface area contributed by atoms with Crippen LogP contribution in [0.2, 0.25) is 0 Å². The molecule has 1 atom stereocenters. The van der Waals surface area contributed by atoms with Crippen LogP contribution in [0.15, 0.2) is 34.4 Å². The Morgan fingerprint density at radius 2 is 2.09 bits per heavy atom. The smallest absolute Gasteiger partial charge is 0.259 e. The molecule has 0 saturated carbocycles. The van der Waals surface area contributed by atoms with Crippen molar-refractivity contribution in [2.45, 2.75) is 26.4 Å². The molecular weight excluding hydrogens is 320 g/mol. The van der Waals surface area contributed by atoms with Crippen molar-refractivity contribution in [3.8, 4) is 0 Å². The minimum absolute atomic E-state index is 0.119. The topological polar surface area (TPSA) is 46.4 Å². The van der Waals surface area contributed by atoms with Gasteiger partial charge in [-0.15, -0.1) is 11.3 Å². The maximum atomic E-state index is 13.3. The fourth-order valence-corrected chi connectivity index (χ4v) is 3.24. The normalized spacial score (nSPS) is 12.7. The number of fused-ring (bicyclic) bond motifs is 1. The maximum absolute atomic E-state index is 13.3. The van der Waals surface area contributed by atoms with Crippen LogP contribution in [0, 0.1) is 18.6 Å². The van der Waals surface area contributed by atoms with Crippen molar-refractivity contribution in [1.29, 1.82) is 0 Å². The van der Waals surface area contributed by atoms with Gasteiger partial charge >= 0.3 is 0 Å². The third-order valence-corrected chi connectivity index (χ3v) is 4.61. The van der Waals surface area contributed by atoms with Gasteiger partial charge in [0.05, 0.1) is 5.69 Å². The van der Waals surface area contributed by atoms with E-state index in [1.54, 1.807) is 4.40 Å². The number of rotatable bonds is 4. The molecule has 120 valence electrons. The number of nitrogens with zero attached hydrogens (tertiary/aromatic N) is 2. The molecule has 3 rings (SSSR count). The Kier molecular flexibility index (Phi) is 4.23. The maximum Gasteiger partial charge on any atom is 0.259 e. The summed E-state index contributed by atoms with van der Waals surface area (Å²) < 4.78 is 27.8. The molecule has 2 heterocycles. The highest BCUT2D eigenvalue weighted by Crippen LogP contribution is 2.17. The number of benzene rings is 1. The summed E-state index contributed by atoms with van der Waals surface area (Å²) in [4.78, 5) is 17.2. The molecule has 0 amide bonds. The van der Waals surface area contributed by atoms with Gasteiger partial charge in [0.15, 0.2) is 16.6 Å². The molecule has 0 radical (unpaired) electrons. The number of halogens is 2. The summed E-state index contributed by atoms with van der Waals surface area (Å²) in [5.41, 5.74) is 1.99. The van der Waals surface area contributed by atoms with Gasteiger partial charge in [0.2, 0.25) is 0 Å². The molecule has 0 aliphatic carbocycles. The molecule has 1 N–H and O–H groups in total. The first-order valence-corrected chi connectivity index (χ1v) is 7.99. The average Bonchev–Trinajstić information content (AvgIpc) is 2.89. The van der Waals surface area contributed by atoms with Crippen LogP contribution in [0.25, 0.3) is 4.96 Å². The van der Waals surface area contributed by atoms with Crippen LogP contribution >= 0.6 is 11.3 Å². The van der Waals surface area contributed by atoms with E-state index in [9.17, 15) is 13.6 Å². The second-order valence-corrected chi connectivity index (χ2v) is 6.19. The molecule has 0 spiro atoms. The second-order valence-electron chi connectivity index (χ2n) is 5.36. The predicted molar refractivity (Wildman–Crippen MR) is 85.7 cm³/mol. The van der Waals surface area contributed by atoms with E-state index in [1.165, 1.54) is 29.5 Å². The van der Waals surface area contributed by atoms with E-state index in [0.29, 0.717) is 22.8 Å². The Morgan fingerprint density at radius 3 is 2.83 bits per heavy atom. The lowest BCUT2D eigenvalue weighted by molar-refractivity contribution is 0.500. The van der Waals surface area contributed by atoms with E-state index in [0.717, 1.165) is 11.8 Å². The van der Waals surface area contributed by atoms with Gasteiger partial charge in [0.25, 0.3) is 5.56 Å². The van der Waals surface area contributed by atoms with Crippen LogP contribution < -0.4 is 10.9 Å². The van der Waals surface area contributed by atoms with E-state index in [4.69, 9.17) is 0 Å². The number of nitrogens with one attached hydrogen (secondary N) is 1. The fraction of sp³-hybridized carbons (Fsp3) is 0.250. The number of hydrogen-bond donors (Lipinski definition) is 1. The van der Waals surface area contributed by atoms with Crippen LogP contribution in [0.4, 0.5) is 8.78 Å². The summed E-state index contributed by atoms with van der Waals surface area (Å²) >= 11 is 1.41. The lowest BCUT2D eigenvalue weighted by atomic mass is 10.1. The van der Waals surface area contributed by atoms with Crippen LogP contribution in [0.1, 0.15) is 29.9 Å². The van der Waals surface area contributed by atoms with Crippen LogP contribution in [-0.2, 0) is 6.54 Å². The van der Waals surface area contributed by atoms with Crippen molar-refractivity contribution in [3.05, 3.63) is 68.6 Å². The Morgan fingerprint density at radius 1 is 1.30 bits per heavy atom. The highest BCUT2D eigenvalue weighted by Gasteiger charge is 2.11. The molecule has 1 aromatic carbocycles. The van der Waals surface area contributed by atoms with Gasteiger partial charge in [-0.3, -0.25) is 9.20 Å². The largest absolute Gasteiger partial charge is 0.305 e.